The molecule has 1 aromatic heterocycles. The molecule has 0 atom stereocenters. The Balaban J connectivity index is 2.10. The van der Waals surface area contributed by atoms with E-state index in [0.29, 0.717) is 17.1 Å². The van der Waals surface area contributed by atoms with Gasteiger partial charge in [-0.15, -0.1) is 11.6 Å². The quantitative estimate of drug-likeness (QED) is 0.806. The van der Waals surface area contributed by atoms with E-state index in [1.807, 2.05) is 24.3 Å². The molecule has 1 aromatic carbocycles. The Bertz CT molecular complexity index is 644. The van der Waals surface area contributed by atoms with E-state index in [1.54, 1.807) is 4.57 Å². The SMILES string of the molecule is O=c1c2ccccc2nc(CCl)n1CC1CCCC1. The van der Waals surface area contributed by atoms with Crippen LogP contribution in [-0.2, 0) is 12.4 Å². The fourth-order valence-electron chi connectivity index (χ4n) is 2.96. The van der Waals surface area contributed by atoms with Crippen LogP contribution in [0.15, 0.2) is 29.1 Å². The van der Waals surface area contributed by atoms with Crippen molar-refractivity contribution in [3.05, 3.63) is 40.4 Å². The number of hydrogen-bond donors (Lipinski definition) is 0. The van der Waals surface area contributed by atoms with Gasteiger partial charge in [0.25, 0.3) is 5.56 Å². The summed E-state index contributed by atoms with van der Waals surface area (Å²) in [6, 6.07) is 7.49. The van der Waals surface area contributed by atoms with Crippen molar-refractivity contribution in [2.24, 2.45) is 5.92 Å². The molecule has 4 heteroatoms. The van der Waals surface area contributed by atoms with Gasteiger partial charge in [0.1, 0.15) is 5.82 Å². The van der Waals surface area contributed by atoms with Gasteiger partial charge in [0.05, 0.1) is 16.8 Å². The maximum atomic E-state index is 12.6. The van der Waals surface area contributed by atoms with Crippen molar-refractivity contribution in [3.63, 3.8) is 0 Å². The highest BCUT2D eigenvalue weighted by atomic mass is 35.5. The molecule has 3 nitrogen and oxygen atoms in total. The van der Waals surface area contributed by atoms with Gasteiger partial charge in [-0.1, -0.05) is 25.0 Å². The standard InChI is InChI=1S/C15H17ClN2O/c16-9-14-17-13-8-4-3-7-12(13)15(19)18(14)10-11-5-1-2-6-11/h3-4,7-8,11H,1-2,5-6,9-10H2. The molecular weight excluding hydrogens is 260 g/mol. The van der Waals surface area contributed by atoms with Crippen LogP contribution in [0.1, 0.15) is 31.5 Å². The lowest BCUT2D eigenvalue weighted by molar-refractivity contribution is 0.439. The average Bonchev–Trinajstić information content (AvgIpc) is 2.95. The van der Waals surface area contributed by atoms with Gasteiger partial charge in [0.2, 0.25) is 0 Å². The van der Waals surface area contributed by atoms with E-state index >= 15 is 0 Å². The highest BCUT2D eigenvalue weighted by Gasteiger charge is 2.18. The predicted octanol–water partition coefficient (Wildman–Crippen LogP) is 3.33. The molecule has 19 heavy (non-hydrogen) atoms. The van der Waals surface area contributed by atoms with Crippen LogP contribution in [-0.4, -0.2) is 9.55 Å². The second kappa shape index (κ2) is 5.33. The first-order valence-electron chi connectivity index (χ1n) is 6.84. The van der Waals surface area contributed by atoms with Crippen LogP contribution in [0.2, 0.25) is 0 Å². The summed E-state index contributed by atoms with van der Waals surface area (Å²) in [5.74, 6) is 1.58. The van der Waals surface area contributed by atoms with E-state index in [9.17, 15) is 4.79 Å². The summed E-state index contributed by atoms with van der Waals surface area (Å²) in [6.45, 7) is 0.763. The summed E-state index contributed by atoms with van der Waals surface area (Å²) in [7, 11) is 0. The molecule has 0 aliphatic heterocycles. The van der Waals surface area contributed by atoms with E-state index in [1.165, 1.54) is 25.7 Å². The van der Waals surface area contributed by atoms with Crippen molar-refractivity contribution in [2.45, 2.75) is 38.1 Å². The first kappa shape index (κ1) is 12.7. The lowest BCUT2D eigenvalue weighted by Gasteiger charge is -2.15. The smallest absolute Gasteiger partial charge is 0.261 e. The molecule has 1 aliphatic rings. The first-order valence-corrected chi connectivity index (χ1v) is 7.37. The van der Waals surface area contributed by atoms with E-state index in [4.69, 9.17) is 11.6 Å². The van der Waals surface area contributed by atoms with Crippen LogP contribution >= 0.6 is 11.6 Å². The van der Waals surface area contributed by atoms with E-state index < -0.39 is 0 Å². The molecule has 1 heterocycles. The van der Waals surface area contributed by atoms with E-state index in [-0.39, 0.29) is 11.4 Å². The number of alkyl halides is 1. The van der Waals surface area contributed by atoms with Crippen molar-refractivity contribution < 1.29 is 0 Å². The average molecular weight is 277 g/mol. The minimum Gasteiger partial charge on any atom is -0.295 e. The minimum atomic E-state index is 0.0492. The van der Waals surface area contributed by atoms with Gasteiger partial charge >= 0.3 is 0 Å². The molecule has 0 unspecified atom stereocenters. The highest BCUT2D eigenvalue weighted by Crippen LogP contribution is 2.26. The number of halogens is 1. The van der Waals surface area contributed by atoms with Gasteiger partial charge in [-0.2, -0.15) is 0 Å². The topological polar surface area (TPSA) is 34.9 Å². The van der Waals surface area contributed by atoms with Crippen LogP contribution in [0.5, 0.6) is 0 Å². The van der Waals surface area contributed by atoms with Crippen molar-refractivity contribution in [1.82, 2.24) is 9.55 Å². The van der Waals surface area contributed by atoms with Crippen LogP contribution in [0.4, 0.5) is 0 Å². The van der Waals surface area contributed by atoms with Gasteiger partial charge in [0.15, 0.2) is 0 Å². The number of nitrogens with zero attached hydrogens (tertiary/aromatic N) is 2. The third-order valence-corrected chi connectivity index (χ3v) is 4.21. The Hall–Kier alpha value is -1.35. The van der Waals surface area contributed by atoms with Gasteiger partial charge in [-0.3, -0.25) is 9.36 Å². The molecular formula is C15H17ClN2O. The minimum absolute atomic E-state index is 0.0492. The van der Waals surface area contributed by atoms with Crippen LogP contribution in [0.3, 0.4) is 0 Å². The Morgan fingerprint density at radius 2 is 2.00 bits per heavy atom. The number of para-hydroxylation sites is 1. The zero-order valence-electron chi connectivity index (χ0n) is 10.8. The second-order valence-corrected chi connectivity index (χ2v) is 5.51. The number of benzene rings is 1. The van der Waals surface area contributed by atoms with Gasteiger partial charge in [-0.25, -0.2) is 4.98 Å². The summed E-state index contributed by atoms with van der Waals surface area (Å²) in [5.41, 5.74) is 0.791. The second-order valence-electron chi connectivity index (χ2n) is 5.25. The summed E-state index contributed by atoms with van der Waals surface area (Å²) >= 11 is 5.97. The molecule has 0 N–H and O–H groups in total. The summed E-state index contributed by atoms with van der Waals surface area (Å²) in [5, 5.41) is 0.689. The summed E-state index contributed by atoms with van der Waals surface area (Å²) in [6.07, 6.45) is 4.97. The van der Waals surface area contributed by atoms with Crippen molar-refractivity contribution in [1.29, 1.82) is 0 Å². The Morgan fingerprint density at radius 1 is 1.26 bits per heavy atom. The van der Waals surface area contributed by atoms with Crippen molar-refractivity contribution >= 4 is 22.5 Å². The Morgan fingerprint density at radius 3 is 2.74 bits per heavy atom. The summed E-state index contributed by atoms with van der Waals surface area (Å²) in [4.78, 5) is 17.1. The van der Waals surface area contributed by atoms with Crippen LogP contribution < -0.4 is 5.56 Å². The Kier molecular flexibility index (Phi) is 3.56. The molecule has 0 radical (unpaired) electrons. The lowest BCUT2D eigenvalue weighted by atomic mass is 10.1. The van der Waals surface area contributed by atoms with Crippen LogP contribution in [0.25, 0.3) is 10.9 Å². The molecule has 2 aromatic rings. The third-order valence-electron chi connectivity index (χ3n) is 3.98. The molecule has 0 spiro atoms. The van der Waals surface area contributed by atoms with Gasteiger partial charge in [-0.05, 0) is 30.9 Å². The number of hydrogen-bond acceptors (Lipinski definition) is 2. The fourth-order valence-corrected chi connectivity index (χ4v) is 3.16. The van der Waals surface area contributed by atoms with Gasteiger partial charge in [0, 0.05) is 6.54 Å². The maximum absolute atomic E-state index is 12.6. The monoisotopic (exact) mass is 276 g/mol. The highest BCUT2D eigenvalue weighted by molar-refractivity contribution is 6.16. The van der Waals surface area contributed by atoms with Crippen molar-refractivity contribution in [3.8, 4) is 0 Å². The zero-order chi connectivity index (χ0) is 13.2. The lowest BCUT2D eigenvalue weighted by Crippen LogP contribution is -2.27. The summed E-state index contributed by atoms with van der Waals surface area (Å²) < 4.78 is 1.78. The number of aromatic nitrogens is 2. The molecule has 0 bridgehead atoms. The molecule has 0 saturated heterocycles. The molecule has 1 aliphatic carbocycles. The zero-order valence-corrected chi connectivity index (χ0v) is 11.6. The third kappa shape index (κ3) is 2.39. The van der Waals surface area contributed by atoms with E-state index in [0.717, 1.165) is 12.1 Å². The molecule has 1 fully saturated rings. The Labute approximate surface area is 117 Å². The number of fused-ring (bicyclic) bond motifs is 1. The molecule has 3 rings (SSSR count). The molecule has 100 valence electrons. The number of rotatable bonds is 3. The predicted molar refractivity (Wildman–Crippen MR) is 77.5 cm³/mol. The molecule has 1 saturated carbocycles. The van der Waals surface area contributed by atoms with Crippen molar-refractivity contribution in [2.75, 3.05) is 0 Å². The largest absolute Gasteiger partial charge is 0.295 e. The normalized spacial score (nSPS) is 16.3. The fraction of sp³-hybridized carbons (Fsp3) is 0.467. The first-order chi connectivity index (χ1) is 9.29. The van der Waals surface area contributed by atoms with E-state index in [2.05, 4.69) is 4.98 Å². The van der Waals surface area contributed by atoms with Gasteiger partial charge < -0.3 is 0 Å². The van der Waals surface area contributed by atoms with Crippen LogP contribution in [0, 0.1) is 5.92 Å². The maximum Gasteiger partial charge on any atom is 0.261 e. The molecule has 0 amide bonds.